The van der Waals surface area contributed by atoms with Crippen LogP contribution < -0.4 is 0 Å². The Kier molecular flexibility index (Phi) is 4.66. The quantitative estimate of drug-likeness (QED) is 0.355. The van der Waals surface area contributed by atoms with E-state index < -0.39 is 4.65 Å². The third kappa shape index (κ3) is 3.06. The number of carbonyl (C=O) groups excluding carboxylic acids is 1. The Balaban J connectivity index is 2.36. The standard InChI is InChI=1S/C21H20FNO2/c1-15(2)23(25)14-17-6-3-4-7-19(17)21(20(23)8-5-13-24)16-9-11-18(22)12-10-16/h3-13,15H,14H2,1-2H3/b8-5+. The molecule has 4 heteroatoms. The fourth-order valence-corrected chi connectivity index (χ4v) is 3.29. The van der Waals surface area contributed by atoms with Crippen LogP contribution in [-0.2, 0) is 11.3 Å². The Labute approximate surface area is 146 Å². The average Bonchev–Trinajstić information content (AvgIpc) is 2.60. The lowest BCUT2D eigenvalue weighted by Gasteiger charge is -2.50. The molecule has 0 aromatic heterocycles. The number of halogens is 1. The Morgan fingerprint density at radius 2 is 1.80 bits per heavy atom. The Morgan fingerprint density at radius 3 is 2.44 bits per heavy atom. The molecule has 0 saturated heterocycles. The third-order valence-corrected chi connectivity index (χ3v) is 4.66. The zero-order chi connectivity index (χ0) is 18.0. The zero-order valence-corrected chi connectivity index (χ0v) is 14.3. The predicted octanol–water partition coefficient (Wildman–Crippen LogP) is 4.58. The summed E-state index contributed by atoms with van der Waals surface area (Å²) in [6.45, 7) is 4.05. The van der Waals surface area contributed by atoms with Gasteiger partial charge in [-0.2, -0.15) is 0 Å². The first-order valence-corrected chi connectivity index (χ1v) is 8.27. The first-order valence-electron chi connectivity index (χ1n) is 8.27. The summed E-state index contributed by atoms with van der Waals surface area (Å²) in [5, 5.41) is 13.7. The lowest BCUT2D eigenvalue weighted by molar-refractivity contribution is -0.875. The van der Waals surface area contributed by atoms with Gasteiger partial charge in [0, 0.05) is 11.6 Å². The minimum absolute atomic E-state index is 0.227. The molecule has 2 aromatic rings. The summed E-state index contributed by atoms with van der Waals surface area (Å²) in [5.41, 5.74) is 3.94. The van der Waals surface area contributed by atoms with E-state index in [2.05, 4.69) is 0 Å². The number of carbonyl (C=O) groups is 1. The highest BCUT2D eigenvalue weighted by atomic mass is 19.1. The van der Waals surface area contributed by atoms with Crippen LogP contribution in [0.4, 0.5) is 4.39 Å². The maximum Gasteiger partial charge on any atom is 0.143 e. The predicted molar refractivity (Wildman–Crippen MR) is 96.5 cm³/mol. The van der Waals surface area contributed by atoms with Crippen LogP contribution >= 0.6 is 0 Å². The third-order valence-electron chi connectivity index (χ3n) is 4.66. The highest BCUT2D eigenvalue weighted by molar-refractivity contribution is 5.85. The number of rotatable bonds is 4. The largest absolute Gasteiger partial charge is 0.627 e. The van der Waals surface area contributed by atoms with Crippen LogP contribution in [-0.4, -0.2) is 17.0 Å². The van der Waals surface area contributed by atoms with Gasteiger partial charge in [0.15, 0.2) is 0 Å². The van der Waals surface area contributed by atoms with Crippen molar-refractivity contribution in [1.29, 1.82) is 0 Å². The number of benzene rings is 2. The molecule has 0 aliphatic carbocycles. The molecule has 3 rings (SSSR count). The molecule has 2 aromatic carbocycles. The Bertz CT molecular complexity index is 852. The van der Waals surface area contributed by atoms with Crippen LogP contribution in [0.2, 0.25) is 0 Å². The number of aldehydes is 1. The van der Waals surface area contributed by atoms with Gasteiger partial charge in [0.05, 0.1) is 11.6 Å². The molecule has 0 saturated carbocycles. The molecule has 0 N–H and O–H groups in total. The first-order chi connectivity index (χ1) is 12.0. The maximum atomic E-state index is 13.7. The van der Waals surface area contributed by atoms with Gasteiger partial charge in [-0.3, -0.25) is 4.79 Å². The van der Waals surface area contributed by atoms with Gasteiger partial charge in [0.1, 0.15) is 24.3 Å². The van der Waals surface area contributed by atoms with Crippen LogP contribution in [0, 0.1) is 11.0 Å². The molecule has 25 heavy (non-hydrogen) atoms. The molecule has 0 radical (unpaired) electrons. The number of hydroxylamine groups is 3. The molecule has 0 spiro atoms. The highest BCUT2D eigenvalue weighted by Crippen LogP contribution is 2.42. The molecule has 128 valence electrons. The molecule has 1 atom stereocenters. The van der Waals surface area contributed by atoms with E-state index in [9.17, 15) is 14.4 Å². The second-order valence-corrected chi connectivity index (χ2v) is 6.47. The van der Waals surface area contributed by atoms with Gasteiger partial charge in [-0.05, 0) is 43.2 Å². The van der Waals surface area contributed by atoms with Gasteiger partial charge in [0.2, 0.25) is 0 Å². The molecule has 1 aliphatic rings. The fraction of sp³-hybridized carbons (Fsp3) is 0.190. The molecule has 1 heterocycles. The summed E-state index contributed by atoms with van der Waals surface area (Å²) in [7, 11) is 0. The molecule has 0 amide bonds. The van der Waals surface area contributed by atoms with Gasteiger partial charge in [-0.25, -0.2) is 4.39 Å². The van der Waals surface area contributed by atoms with Crippen molar-refractivity contribution in [3.63, 3.8) is 0 Å². The topological polar surface area (TPSA) is 40.1 Å². The number of allylic oxidation sites excluding steroid dienone is 2. The van der Waals surface area contributed by atoms with Gasteiger partial charge in [-0.15, -0.1) is 0 Å². The Morgan fingerprint density at radius 1 is 1.12 bits per heavy atom. The minimum atomic E-state index is -0.561. The summed E-state index contributed by atoms with van der Waals surface area (Å²) >= 11 is 0. The first kappa shape index (κ1) is 17.3. The molecular formula is C21H20FNO2. The number of fused-ring (bicyclic) bond motifs is 1. The normalized spacial score (nSPS) is 20.2. The monoisotopic (exact) mass is 337 g/mol. The van der Waals surface area contributed by atoms with Gasteiger partial charge >= 0.3 is 0 Å². The second-order valence-electron chi connectivity index (χ2n) is 6.47. The summed E-state index contributed by atoms with van der Waals surface area (Å²) < 4.78 is 12.8. The number of hydrogen-bond donors (Lipinski definition) is 0. The molecule has 1 unspecified atom stereocenters. The van der Waals surface area contributed by atoms with Crippen molar-refractivity contribution in [2.24, 2.45) is 0 Å². The zero-order valence-electron chi connectivity index (χ0n) is 14.3. The van der Waals surface area contributed by atoms with E-state index >= 15 is 0 Å². The van der Waals surface area contributed by atoms with Gasteiger partial charge < -0.3 is 9.85 Å². The van der Waals surface area contributed by atoms with Crippen LogP contribution in [0.3, 0.4) is 0 Å². The second kappa shape index (κ2) is 6.75. The van der Waals surface area contributed by atoms with Gasteiger partial charge in [0.25, 0.3) is 0 Å². The van der Waals surface area contributed by atoms with Crippen molar-refractivity contribution in [2.45, 2.75) is 26.4 Å². The Hall–Kier alpha value is -2.56. The summed E-state index contributed by atoms with van der Waals surface area (Å²) in [5.74, 6) is -0.329. The molecule has 0 fully saturated rings. The average molecular weight is 337 g/mol. The van der Waals surface area contributed by atoms with E-state index in [0.717, 1.165) is 22.3 Å². The number of nitrogens with zero attached hydrogens (tertiary/aromatic N) is 1. The van der Waals surface area contributed by atoms with Gasteiger partial charge in [-0.1, -0.05) is 36.4 Å². The summed E-state index contributed by atoms with van der Waals surface area (Å²) in [6, 6.07) is 13.6. The van der Waals surface area contributed by atoms with Crippen LogP contribution in [0.1, 0.15) is 30.5 Å². The van der Waals surface area contributed by atoms with Crippen molar-refractivity contribution < 1.29 is 13.8 Å². The number of hydrogen-bond acceptors (Lipinski definition) is 2. The van der Waals surface area contributed by atoms with E-state index in [0.29, 0.717) is 18.5 Å². The fourth-order valence-electron chi connectivity index (χ4n) is 3.29. The van der Waals surface area contributed by atoms with Crippen molar-refractivity contribution in [3.8, 4) is 0 Å². The van der Waals surface area contributed by atoms with Crippen LogP contribution in [0.25, 0.3) is 5.57 Å². The lowest BCUT2D eigenvalue weighted by Crippen LogP contribution is -2.48. The summed E-state index contributed by atoms with van der Waals surface area (Å²) in [4.78, 5) is 10.9. The molecule has 3 nitrogen and oxygen atoms in total. The van der Waals surface area contributed by atoms with E-state index in [1.807, 2.05) is 38.1 Å². The van der Waals surface area contributed by atoms with Crippen molar-refractivity contribution in [3.05, 3.63) is 94.1 Å². The lowest BCUT2D eigenvalue weighted by atomic mass is 9.87. The van der Waals surface area contributed by atoms with E-state index in [1.165, 1.54) is 18.2 Å². The van der Waals surface area contributed by atoms with Crippen molar-refractivity contribution in [2.75, 3.05) is 0 Å². The highest BCUT2D eigenvalue weighted by Gasteiger charge is 2.35. The molecule has 0 bridgehead atoms. The van der Waals surface area contributed by atoms with Crippen molar-refractivity contribution in [1.82, 2.24) is 0 Å². The van der Waals surface area contributed by atoms with Crippen molar-refractivity contribution >= 4 is 11.9 Å². The van der Waals surface area contributed by atoms with E-state index in [1.54, 1.807) is 18.2 Å². The van der Waals surface area contributed by atoms with E-state index in [-0.39, 0.29) is 11.9 Å². The molecule has 1 aliphatic heterocycles. The summed E-state index contributed by atoms with van der Waals surface area (Å²) in [6.07, 6.45) is 3.61. The van der Waals surface area contributed by atoms with Crippen LogP contribution in [0.15, 0.2) is 66.4 Å². The SMILES string of the molecule is CC(C)[N+]1([O-])Cc2ccccc2C(c2ccc(F)cc2)=C1/C=C/C=O. The van der Waals surface area contributed by atoms with Crippen LogP contribution in [0.5, 0.6) is 0 Å². The molecular weight excluding hydrogens is 317 g/mol. The minimum Gasteiger partial charge on any atom is -0.627 e. The number of quaternary nitrogens is 1. The van der Waals surface area contributed by atoms with E-state index in [4.69, 9.17) is 0 Å². The maximum absolute atomic E-state index is 13.7. The smallest absolute Gasteiger partial charge is 0.143 e.